The Bertz CT molecular complexity index is 1060. The van der Waals surface area contributed by atoms with E-state index in [-0.39, 0.29) is 11.5 Å². The number of ether oxygens (including phenoxy) is 1. The third kappa shape index (κ3) is 4.54. The van der Waals surface area contributed by atoms with Crippen molar-refractivity contribution < 1.29 is 9.53 Å². The van der Waals surface area contributed by atoms with Gasteiger partial charge in [0.1, 0.15) is 5.82 Å². The molecule has 29 heavy (non-hydrogen) atoms. The predicted octanol–water partition coefficient (Wildman–Crippen LogP) is 3.44. The Morgan fingerprint density at radius 3 is 2.48 bits per heavy atom. The number of aromatic nitrogens is 2. The van der Waals surface area contributed by atoms with Gasteiger partial charge in [-0.1, -0.05) is 26.0 Å². The van der Waals surface area contributed by atoms with E-state index in [1.54, 1.807) is 46.9 Å². The Balaban J connectivity index is 1.93. The van der Waals surface area contributed by atoms with Gasteiger partial charge in [0, 0.05) is 25.8 Å². The van der Waals surface area contributed by atoms with Crippen molar-refractivity contribution >= 4 is 16.8 Å². The minimum atomic E-state index is -0.117. The molecular formula is C23H27N3O3. The summed E-state index contributed by atoms with van der Waals surface area (Å²) in [5, 5.41) is 0.570. The number of para-hydroxylation sites is 1. The van der Waals surface area contributed by atoms with Gasteiger partial charge in [0.2, 0.25) is 0 Å². The van der Waals surface area contributed by atoms with Crippen LogP contribution in [0.15, 0.2) is 53.3 Å². The van der Waals surface area contributed by atoms with E-state index in [2.05, 4.69) is 18.8 Å². The van der Waals surface area contributed by atoms with Crippen molar-refractivity contribution in [1.29, 1.82) is 0 Å². The molecule has 6 nitrogen and oxygen atoms in total. The summed E-state index contributed by atoms with van der Waals surface area (Å²) in [6.07, 6.45) is 0. The molecule has 0 unspecified atom stereocenters. The fourth-order valence-corrected chi connectivity index (χ4v) is 3.40. The molecule has 0 N–H and O–H groups in total. The molecule has 3 rings (SSSR count). The molecular weight excluding hydrogens is 366 g/mol. The van der Waals surface area contributed by atoms with E-state index in [0.717, 1.165) is 0 Å². The van der Waals surface area contributed by atoms with Gasteiger partial charge in [-0.25, -0.2) is 4.98 Å². The monoisotopic (exact) mass is 393 g/mol. The maximum Gasteiger partial charge on any atom is 0.265 e. The van der Waals surface area contributed by atoms with Crippen LogP contribution in [0, 0.1) is 12.8 Å². The Labute approximate surface area is 170 Å². The summed E-state index contributed by atoms with van der Waals surface area (Å²) in [4.78, 5) is 32.2. The highest BCUT2D eigenvalue weighted by Crippen LogP contribution is 2.15. The van der Waals surface area contributed by atoms with E-state index < -0.39 is 0 Å². The lowest BCUT2D eigenvalue weighted by Crippen LogP contribution is -2.36. The normalized spacial score (nSPS) is 11.2. The van der Waals surface area contributed by atoms with Gasteiger partial charge in [0.15, 0.2) is 0 Å². The highest BCUT2D eigenvalue weighted by atomic mass is 16.5. The first-order valence-corrected chi connectivity index (χ1v) is 9.79. The van der Waals surface area contributed by atoms with Gasteiger partial charge >= 0.3 is 0 Å². The molecule has 6 heteroatoms. The summed E-state index contributed by atoms with van der Waals surface area (Å²) in [7, 11) is 1.63. The summed E-state index contributed by atoms with van der Waals surface area (Å²) < 4.78 is 6.72. The van der Waals surface area contributed by atoms with Gasteiger partial charge in [-0.05, 0) is 49.2 Å². The molecule has 2 aromatic carbocycles. The molecule has 0 radical (unpaired) electrons. The SMILES string of the molecule is COCCN(CC(C)C)C(=O)c1ccc(-n2c(C)nc3ccccc3c2=O)cc1. The number of amides is 1. The molecule has 0 bridgehead atoms. The largest absolute Gasteiger partial charge is 0.383 e. The van der Waals surface area contributed by atoms with E-state index in [1.807, 2.05) is 25.1 Å². The quantitative estimate of drug-likeness (QED) is 0.617. The average Bonchev–Trinajstić information content (AvgIpc) is 2.71. The Hall–Kier alpha value is -2.99. The lowest BCUT2D eigenvalue weighted by atomic mass is 10.1. The molecule has 3 aromatic rings. The van der Waals surface area contributed by atoms with Gasteiger partial charge in [0.25, 0.3) is 11.5 Å². The molecule has 0 aliphatic carbocycles. The molecule has 0 fully saturated rings. The second-order valence-corrected chi connectivity index (χ2v) is 7.50. The molecule has 0 spiro atoms. The predicted molar refractivity (Wildman–Crippen MR) is 115 cm³/mol. The number of carbonyl (C=O) groups is 1. The number of carbonyl (C=O) groups excluding carboxylic acids is 1. The minimum Gasteiger partial charge on any atom is -0.383 e. The van der Waals surface area contributed by atoms with Crippen LogP contribution in [-0.4, -0.2) is 47.2 Å². The zero-order valence-corrected chi connectivity index (χ0v) is 17.4. The van der Waals surface area contributed by atoms with Gasteiger partial charge in [-0.15, -0.1) is 0 Å². The van der Waals surface area contributed by atoms with Crippen LogP contribution in [0.2, 0.25) is 0 Å². The van der Waals surface area contributed by atoms with Gasteiger partial charge in [0.05, 0.1) is 23.2 Å². The Morgan fingerprint density at radius 1 is 1.14 bits per heavy atom. The second-order valence-electron chi connectivity index (χ2n) is 7.50. The number of fused-ring (bicyclic) bond motifs is 1. The maximum absolute atomic E-state index is 13.0. The van der Waals surface area contributed by atoms with Crippen LogP contribution in [0.1, 0.15) is 30.0 Å². The molecule has 0 aliphatic rings. The number of rotatable bonds is 7. The number of benzene rings is 2. The number of methoxy groups -OCH3 is 1. The van der Waals surface area contributed by atoms with E-state index >= 15 is 0 Å². The van der Waals surface area contributed by atoms with Crippen molar-refractivity contribution in [1.82, 2.24) is 14.5 Å². The van der Waals surface area contributed by atoms with Crippen LogP contribution >= 0.6 is 0 Å². The molecule has 1 amide bonds. The van der Waals surface area contributed by atoms with Gasteiger partial charge in [-0.3, -0.25) is 14.2 Å². The summed E-state index contributed by atoms with van der Waals surface area (Å²) in [5.74, 6) is 0.928. The molecule has 0 saturated carbocycles. The first-order valence-electron chi connectivity index (χ1n) is 9.79. The van der Waals surface area contributed by atoms with Crippen LogP contribution in [0.5, 0.6) is 0 Å². The Kier molecular flexibility index (Phi) is 6.44. The van der Waals surface area contributed by atoms with Crippen LogP contribution < -0.4 is 5.56 Å². The lowest BCUT2D eigenvalue weighted by Gasteiger charge is -2.24. The van der Waals surface area contributed by atoms with E-state index in [0.29, 0.717) is 53.6 Å². The van der Waals surface area contributed by atoms with Crippen molar-refractivity contribution in [3.8, 4) is 5.69 Å². The highest BCUT2D eigenvalue weighted by molar-refractivity contribution is 5.94. The zero-order valence-electron chi connectivity index (χ0n) is 17.4. The molecule has 152 valence electrons. The third-order valence-electron chi connectivity index (χ3n) is 4.75. The number of hydrogen-bond donors (Lipinski definition) is 0. The van der Waals surface area contributed by atoms with Crippen molar-refractivity contribution in [3.05, 3.63) is 70.3 Å². The maximum atomic E-state index is 13.0. The van der Waals surface area contributed by atoms with Crippen LogP contribution in [-0.2, 0) is 4.74 Å². The van der Waals surface area contributed by atoms with Crippen molar-refractivity contribution in [3.63, 3.8) is 0 Å². The van der Waals surface area contributed by atoms with E-state index in [4.69, 9.17) is 4.74 Å². The summed E-state index contributed by atoms with van der Waals surface area (Å²) in [6.45, 7) is 7.67. The number of hydrogen-bond acceptors (Lipinski definition) is 4. The first-order chi connectivity index (χ1) is 13.9. The summed E-state index contributed by atoms with van der Waals surface area (Å²) >= 11 is 0. The Morgan fingerprint density at radius 2 is 1.83 bits per heavy atom. The van der Waals surface area contributed by atoms with Crippen molar-refractivity contribution in [2.75, 3.05) is 26.8 Å². The fourth-order valence-electron chi connectivity index (χ4n) is 3.40. The molecule has 0 aliphatic heterocycles. The zero-order chi connectivity index (χ0) is 21.0. The topological polar surface area (TPSA) is 64.4 Å². The third-order valence-corrected chi connectivity index (χ3v) is 4.75. The molecule has 1 heterocycles. The first kappa shape index (κ1) is 20.7. The molecule has 0 atom stereocenters. The smallest absolute Gasteiger partial charge is 0.265 e. The standard InChI is InChI=1S/C23H27N3O3/c1-16(2)15-25(13-14-29-4)22(27)18-9-11-19(12-10-18)26-17(3)24-21-8-6-5-7-20(21)23(26)28/h5-12,16H,13-15H2,1-4H3. The van der Waals surface area contributed by atoms with Crippen LogP contribution in [0.3, 0.4) is 0 Å². The lowest BCUT2D eigenvalue weighted by molar-refractivity contribution is 0.0672. The van der Waals surface area contributed by atoms with E-state index in [1.165, 1.54) is 0 Å². The van der Waals surface area contributed by atoms with Gasteiger partial charge < -0.3 is 9.64 Å². The van der Waals surface area contributed by atoms with Crippen molar-refractivity contribution in [2.24, 2.45) is 5.92 Å². The summed E-state index contributed by atoms with van der Waals surface area (Å²) in [5.41, 5.74) is 1.84. The molecule has 0 saturated heterocycles. The van der Waals surface area contributed by atoms with Gasteiger partial charge in [-0.2, -0.15) is 0 Å². The fraction of sp³-hybridized carbons (Fsp3) is 0.348. The van der Waals surface area contributed by atoms with Crippen molar-refractivity contribution in [2.45, 2.75) is 20.8 Å². The van der Waals surface area contributed by atoms with Crippen LogP contribution in [0.25, 0.3) is 16.6 Å². The minimum absolute atomic E-state index is 0.0389. The highest BCUT2D eigenvalue weighted by Gasteiger charge is 2.17. The molecule has 1 aromatic heterocycles. The number of nitrogens with zero attached hydrogens (tertiary/aromatic N) is 3. The number of aryl methyl sites for hydroxylation is 1. The van der Waals surface area contributed by atoms with E-state index in [9.17, 15) is 9.59 Å². The second kappa shape index (κ2) is 9.01. The average molecular weight is 393 g/mol. The van der Waals surface area contributed by atoms with Crippen LogP contribution in [0.4, 0.5) is 0 Å². The summed E-state index contributed by atoms with van der Waals surface area (Å²) in [6, 6.07) is 14.4.